The molecule has 0 saturated heterocycles. The van der Waals surface area contributed by atoms with Gasteiger partial charge in [0, 0.05) is 12.5 Å². The molecule has 0 saturated carbocycles. The predicted octanol–water partition coefficient (Wildman–Crippen LogP) is 3.22. The van der Waals surface area contributed by atoms with Gasteiger partial charge >= 0.3 is 5.97 Å². The van der Waals surface area contributed by atoms with Gasteiger partial charge in [0.15, 0.2) is 5.82 Å². The molecule has 6 nitrogen and oxygen atoms in total. The van der Waals surface area contributed by atoms with Crippen LogP contribution in [-0.4, -0.2) is 20.6 Å². The van der Waals surface area contributed by atoms with Gasteiger partial charge in [0.2, 0.25) is 4.96 Å². The fourth-order valence-electron chi connectivity index (χ4n) is 3.29. The van der Waals surface area contributed by atoms with E-state index in [1.54, 1.807) is 0 Å². The quantitative estimate of drug-likeness (QED) is 0.387. The largest absolute Gasteiger partial charge is 0.426 e. The van der Waals surface area contributed by atoms with Crippen LogP contribution in [0.2, 0.25) is 0 Å². The maximum atomic E-state index is 12.8. The van der Waals surface area contributed by atoms with E-state index < -0.39 is 0 Å². The van der Waals surface area contributed by atoms with Gasteiger partial charge in [0.05, 0.1) is 4.53 Å². The molecule has 0 aliphatic rings. The van der Waals surface area contributed by atoms with Gasteiger partial charge in [-0.15, -0.1) is 5.10 Å². The monoisotopic (exact) mass is 405 g/mol. The van der Waals surface area contributed by atoms with Crippen LogP contribution in [0.5, 0.6) is 5.75 Å². The van der Waals surface area contributed by atoms with Gasteiger partial charge in [0.25, 0.3) is 5.56 Å². The number of rotatable bonds is 3. The molecule has 0 aliphatic carbocycles. The Kier molecular flexibility index (Phi) is 4.76. The fraction of sp³-hybridized carbons (Fsp3) is 0.182. The number of ether oxygens (including phenoxy) is 1. The van der Waals surface area contributed by atoms with E-state index in [0.29, 0.717) is 21.1 Å². The molecular weight excluding hydrogens is 386 g/mol. The summed E-state index contributed by atoms with van der Waals surface area (Å²) < 4.78 is 7.17. The Bertz CT molecular complexity index is 1340. The van der Waals surface area contributed by atoms with Crippen LogP contribution in [0, 0.1) is 20.8 Å². The molecule has 0 atom stereocenters. The number of carbonyl (C=O) groups is 1. The van der Waals surface area contributed by atoms with Crippen LogP contribution < -0.4 is 14.8 Å². The Hall–Kier alpha value is -3.32. The van der Waals surface area contributed by atoms with Gasteiger partial charge in [-0.1, -0.05) is 35.6 Å². The Morgan fingerprint density at radius 1 is 1.10 bits per heavy atom. The highest BCUT2D eigenvalue weighted by Crippen LogP contribution is 2.25. The zero-order valence-corrected chi connectivity index (χ0v) is 17.3. The molecule has 4 aromatic rings. The first-order chi connectivity index (χ1) is 13.8. The van der Waals surface area contributed by atoms with E-state index in [4.69, 9.17) is 4.74 Å². The molecule has 0 bridgehead atoms. The molecular formula is C22H19N3O3S. The molecule has 7 heteroatoms. The van der Waals surface area contributed by atoms with Crippen LogP contribution in [0.25, 0.3) is 22.4 Å². The zero-order chi connectivity index (χ0) is 20.7. The Balaban J connectivity index is 1.77. The van der Waals surface area contributed by atoms with Crippen molar-refractivity contribution < 1.29 is 9.53 Å². The topological polar surface area (TPSA) is 73.6 Å². The van der Waals surface area contributed by atoms with E-state index in [0.717, 1.165) is 27.8 Å². The summed E-state index contributed by atoms with van der Waals surface area (Å²) >= 11 is 1.30. The van der Waals surface area contributed by atoms with Crippen LogP contribution in [0.4, 0.5) is 0 Å². The summed E-state index contributed by atoms with van der Waals surface area (Å²) in [5, 5.41) is 4.41. The molecule has 2 aromatic heterocycles. The number of nitrogens with zero attached hydrogens (tertiary/aromatic N) is 3. The number of aryl methyl sites for hydroxylation is 3. The average Bonchev–Trinajstić information content (AvgIpc) is 3.18. The minimum absolute atomic E-state index is 0.197. The maximum Gasteiger partial charge on any atom is 0.308 e. The first-order valence-corrected chi connectivity index (χ1v) is 9.92. The van der Waals surface area contributed by atoms with Gasteiger partial charge in [-0.3, -0.25) is 9.59 Å². The van der Waals surface area contributed by atoms with Crippen molar-refractivity contribution in [2.24, 2.45) is 0 Å². The molecule has 0 N–H and O–H groups in total. The predicted molar refractivity (Wildman–Crippen MR) is 113 cm³/mol. The van der Waals surface area contributed by atoms with Crippen molar-refractivity contribution in [1.29, 1.82) is 0 Å². The highest BCUT2D eigenvalue weighted by molar-refractivity contribution is 7.15. The van der Waals surface area contributed by atoms with Gasteiger partial charge in [-0.05, 0) is 61.2 Å². The van der Waals surface area contributed by atoms with Gasteiger partial charge < -0.3 is 4.74 Å². The molecule has 146 valence electrons. The Labute approximate surface area is 171 Å². The van der Waals surface area contributed by atoms with Crippen molar-refractivity contribution in [2.45, 2.75) is 27.7 Å². The number of aromatic nitrogens is 3. The smallest absolute Gasteiger partial charge is 0.308 e. The Morgan fingerprint density at radius 3 is 2.41 bits per heavy atom. The summed E-state index contributed by atoms with van der Waals surface area (Å²) in [5.41, 5.74) is 4.30. The molecule has 2 aromatic carbocycles. The molecule has 0 spiro atoms. The number of esters is 1. The van der Waals surface area contributed by atoms with E-state index >= 15 is 0 Å². The molecule has 2 heterocycles. The van der Waals surface area contributed by atoms with Gasteiger partial charge in [-0.25, -0.2) is 0 Å². The normalized spacial score (nSPS) is 11.9. The minimum Gasteiger partial charge on any atom is -0.426 e. The summed E-state index contributed by atoms with van der Waals surface area (Å²) in [4.78, 5) is 29.2. The summed E-state index contributed by atoms with van der Waals surface area (Å²) in [5.74, 6) is 0.753. The van der Waals surface area contributed by atoms with Crippen LogP contribution in [-0.2, 0) is 4.79 Å². The molecule has 0 radical (unpaired) electrons. The van der Waals surface area contributed by atoms with Crippen molar-refractivity contribution in [3.05, 3.63) is 73.5 Å². The minimum atomic E-state index is -0.357. The maximum absolute atomic E-state index is 12.8. The lowest BCUT2D eigenvalue weighted by molar-refractivity contribution is -0.131. The van der Waals surface area contributed by atoms with E-state index in [2.05, 4.69) is 10.1 Å². The van der Waals surface area contributed by atoms with Crippen LogP contribution >= 0.6 is 11.3 Å². The summed E-state index contributed by atoms with van der Waals surface area (Å²) in [6.45, 7) is 7.12. The standard InChI is InChI=1S/C22H19N3O3S/c1-12-7-5-6-8-17(12)20-23-22-25(24-20)21(27)18(29-22)11-16-9-13(2)19(14(3)10-16)28-15(4)26/h5-11H,1-4H3. The molecule has 0 fully saturated rings. The lowest BCUT2D eigenvalue weighted by atomic mass is 10.1. The number of thiazole rings is 1. The van der Waals surface area contributed by atoms with E-state index in [1.807, 2.05) is 63.2 Å². The zero-order valence-electron chi connectivity index (χ0n) is 16.5. The SMILES string of the molecule is CC(=O)Oc1c(C)cc(C=c2sc3nc(-c4ccccc4C)nn3c2=O)cc1C. The van der Waals surface area contributed by atoms with E-state index in [-0.39, 0.29) is 11.5 Å². The lowest BCUT2D eigenvalue weighted by Gasteiger charge is -2.10. The van der Waals surface area contributed by atoms with Crippen molar-refractivity contribution in [3.63, 3.8) is 0 Å². The van der Waals surface area contributed by atoms with Gasteiger partial charge in [-0.2, -0.15) is 9.50 Å². The third-order valence-corrected chi connectivity index (χ3v) is 5.55. The highest BCUT2D eigenvalue weighted by atomic mass is 32.1. The van der Waals surface area contributed by atoms with E-state index in [1.165, 1.54) is 22.8 Å². The summed E-state index contributed by atoms with van der Waals surface area (Å²) in [6, 6.07) is 11.6. The first-order valence-electron chi connectivity index (χ1n) is 9.10. The number of hydrogen-bond donors (Lipinski definition) is 0. The number of hydrogen-bond acceptors (Lipinski definition) is 6. The molecule has 0 unspecified atom stereocenters. The second kappa shape index (κ2) is 7.25. The second-order valence-electron chi connectivity index (χ2n) is 6.94. The van der Waals surface area contributed by atoms with Crippen LogP contribution in [0.15, 0.2) is 41.2 Å². The highest BCUT2D eigenvalue weighted by Gasteiger charge is 2.14. The number of benzene rings is 2. The van der Waals surface area contributed by atoms with Gasteiger partial charge in [0.1, 0.15) is 5.75 Å². The Morgan fingerprint density at radius 2 is 1.79 bits per heavy atom. The third kappa shape index (κ3) is 3.56. The molecule has 4 rings (SSSR count). The van der Waals surface area contributed by atoms with Crippen LogP contribution in [0.3, 0.4) is 0 Å². The molecule has 0 aliphatic heterocycles. The first kappa shape index (κ1) is 19.0. The number of fused-ring (bicyclic) bond motifs is 1. The molecule has 0 amide bonds. The summed E-state index contributed by atoms with van der Waals surface area (Å²) in [6.07, 6.45) is 1.81. The lowest BCUT2D eigenvalue weighted by Crippen LogP contribution is -2.23. The number of carbonyl (C=O) groups excluding carboxylic acids is 1. The van der Waals surface area contributed by atoms with Crippen molar-refractivity contribution in [3.8, 4) is 17.1 Å². The summed E-state index contributed by atoms with van der Waals surface area (Å²) in [7, 11) is 0. The second-order valence-corrected chi connectivity index (χ2v) is 7.95. The fourth-order valence-corrected chi connectivity index (χ4v) is 4.20. The van der Waals surface area contributed by atoms with Crippen molar-refractivity contribution in [2.75, 3.05) is 0 Å². The third-order valence-electron chi connectivity index (χ3n) is 4.59. The van der Waals surface area contributed by atoms with Crippen molar-refractivity contribution >= 4 is 28.3 Å². The van der Waals surface area contributed by atoms with E-state index in [9.17, 15) is 9.59 Å². The van der Waals surface area contributed by atoms with Crippen LogP contribution in [0.1, 0.15) is 29.2 Å². The van der Waals surface area contributed by atoms with Crippen molar-refractivity contribution in [1.82, 2.24) is 14.6 Å². The average molecular weight is 405 g/mol. The molecule has 29 heavy (non-hydrogen) atoms.